The Balaban J connectivity index is 2.55. The molecule has 1 aromatic rings. The second-order valence-corrected chi connectivity index (χ2v) is 5.47. The summed E-state index contributed by atoms with van der Waals surface area (Å²) >= 11 is 0. The lowest BCUT2D eigenvalue weighted by Crippen LogP contribution is -2.22. The summed E-state index contributed by atoms with van der Waals surface area (Å²) in [6.07, 6.45) is 0. The molecule has 0 aliphatic heterocycles. The largest absolute Gasteiger partial charge is 0.312 e. The number of nitrogens with one attached hydrogen (secondary N) is 1. The molecule has 0 atom stereocenters. The van der Waals surface area contributed by atoms with Crippen LogP contribution in [0.2, 0.25) is 0 Å². The first-order valence-corrected chi connectivity index (χ1v) is 6.91. The zero-order chi connectivity index (χ0) is 12.9. The van der Waals surface area contributed by atoms with E-state index >= 15 is 0 Å². The van der Waals surface area contributed by atoms with E-state index in [1.54, 1.807) is 0 Å². The maximum Gasteiger partial charge on any atom is 0.266 e. The Morgan fingerprint density at radius 2 is 2.06 bits per heavy atom. The van der Waals surface area contributed by atoms with Crippen LogP contribution in [0.4, 0.5) is 0 Å². The van der Waals surface area contributed by atoms with Crippen molar-refractivity contribution in [2.75, 3.05) is 12.3 Å². The van der Waals surface area contributed by atoms with E-state index in [4.69, 9.17) is 4.55 Å². The van der Waals surface area contributed by atoms with Crippen molar-refractivity contribution in [2.45, 2.75) is 13.5 Å². The average Bonchev–Trinajstić information content (AvgIpc) is 2.23. The quantitative estimate of drug-likeness (QED) is 0.600. The molecule has 0 amide bonds. The van der Waals surface area contributed by atoms with Crippen LogP contribution in [-0.4, -0.2) is 25.3 Å². The van der Waals surface area contributed by atoms with E-state index in [2.05, 4.69) is 11.9 Å². The topological polar surface area (TPSA) is 66.4 Å². The summed E-state index contributed by atoms with van der Waals surface area (Å²) in [5, 5.41) is 2.97. The van der Waals surface area contributed by atoms with E-state index in [9.17, 15) is 8.42 Å². The highest BCUT2D eigenvalue weighted by molar-refractivity contribution is 7.85. The minimum Gasteiger partial charge on any atom is -0.312 e. The van der Waals surface area contributed by atoms with Gasteiger partial charge in [-0.1, -0.05) is 36.4 Å². The first-order chi connectivity index (χ1) is 7.90. The van der Waals surface area contributed by atoms with Crippen LogP contribution in [-0.2, 0) is 16.7 Å². The van der Waals surface area contributed by atoms with Gasteiger partial charge in [0.2, 0.25) is 0 Å². The first kappa shape index (κ1) is 13.9. The molecule has 0 unspecified atom stereocenters. The normalized spacial score (nSPS) is 11.4. The fourth-order valence-corrected chi connectivity index (χ4v) is 1.92. The Morgan fingerprint density at radius 3 is 2.65 bits per heavy atom. The minimum absolute atomic E-state index is 0.226. The summed E-state index contributed by atoms with van der Waals surface area (Å²) in [6.45, 7) is 6.60. The van der Waals surface area contributed by atoms with Crippen LogP contribution >= 0.6 is 0 Å². The summed E-state index contributed by atoms with van der Waals surface area (Å²) in [5.41, 5.74) is 3.10. The Morgan fingerprint density at radius 1 is 1.41 bits per heavy atom. The molecule has 0 spiro atoms. The Labute approximate surface area is 102 Å². The number of hydrogen-bond donors (Lipinski definition) is 2. The van der Waals surface area contributed by atoms with Crippen LogP contribution in [0.1, 0.15) is 18.1 Å². The van der Waals surface area contributed by atoms with Gasteiger partial charge in [0.15, 0.2) is 0 Å². The van der Waals surface area contributed by atoms with Crippen LogP contribution in [0.25, 0.3) is 5.57 Å². The van der Waals surface area contributed by atoms with Gasteiger partial charge in [0, 0.05) is 13.1 Å². The monoisotopic (exact) mass is 255 g/mol. The Kier molecular flexibility index (Phi) is 4.86. The number of hydrogen-bond acceptors (Lipinski definition) is 3. The van der Waals surface area contributed by atoms with Gasteiger partial charge in [0.05, 0.1) is 5.75 Å². The Hall–Kier alpha value is -1.17. The van der Waals surface area contributed by atoms with E-state index in [1.165, 1.54) is 0 Å². The maximum absolute atomic E-state index is 10.5. The molecule has 17 heavy (non-hydrogen) atoms. The van der Waals surface area contributed by atoms with Crippen molar-refractivity contribution < 1.29 is 13.0 Å². The third-order valence-electron chi connectivity index (χ3n) is 2.33. The molecule has 0 aromatic heterocycles. The molecule has 0 fully saturated rings. The lowest BCUT2D eigenvalue weighted by Gasteiger charge is -2.09. The minimum atomic E-state index is -3.89. The van der Waals surface area contributed by atoms with Gasteiger partial charge in [-0.25, -0.2) is 0 Å². The number of rotatable bonds is 6. The lowest BCUT2D eigenvalue weighted by atomic mass is 10.0. The fraction of sp³-hybridized carbons (Fsp3) is 0.333. The maximum atomic E-state index is 10.5. The molecule has 0 saturated carbocycles. The number of benzene rings is 1. The van der Waals surface area contributed by atoms with E-state index in [1.807, 2.05) is 31.2 Å². The molecular weight excluding hydrogens is 238 g/mol. The smallest absolute Gasteiger partial charge is 0.266 e. The third-order valence-corrected chi connectivity index (χ3v) is 3.05. The predicted octanol–water partition coefficient (Wildman–Crippen LogP) is 1.70. The summed E-state index contributed by atoms with van der Waals surface area (Å²) in [5.74, 6) is -0.276. The second-order valence-electron chi connectivity index (χ2n) is 3.90. The molecule has 0 radical (unpaired) electrons. The van der Waals surface area contributed by atoms with E-state index in [0.717, 1.165) is 16.7 Å². The van der Waals surface area contributed by atoms with Gasteiger partial charge in [-0.05, 0) is 18.1 Å². The van der Waals surface area contributed by atoms with Gasteiger partial charge < -0.3 is 5.32 Å². The molecule has 0 saturated heterocycles. The summed E-state index contributed by atoms with van der Waals surface area (Å²) < 4.78 is 29.6. The van der Waals surface area contributed by atoms with E-state index < -0.39 is 10.1 Å². The standard InChI is InChI=1S/C12H17NO3S/c1-10(2)12-6-4-3-5-11(12)9-13-7-8-17(14,15)16/h3-6,13H,1,7-9H2,2H3,(H,14,15,16). The average molecular weight is 255 g/mol. The third kappa shape index (κ3) is 5.12. The van der Waals surface area contributed by atoms with Gasteiger partial charge in [-0.15, -0.1) is 0 Å². The van der Waals surface area contributed by atoms with Crippen molar-refractivity contribution >= 4 is 15.7 Å². The molecule has 0 heterocycles. The predicted molar refractivity (Wildman–Crippen MR) is 69.3 cm³/mol. The van der Waals surface area contributed by atoms with Crippen LogP contribution in [0.3, 0.4) is 0 Å². The van der Waals surface area contributed by atoms with Gasteiger partial charge in [-0.3, -0.25) is 4.55 Å². The van der Waals surface area contributed by atoms with Gasteiger partial charge >= 0.3 is 0 Å². The highest BCUT2D eigenvalue weighted by atomic mass is 32.2. The van der Waals surface area contributed by atoms with E-state index in [0.29, 0.717) is 6.54 Å². The van der Waals surface area contributed by atoms with Crippen molar-refractivity contribution in [3.8, 4) is 0 Å². The summed E-state index contributed by atoms with van der Waals surface area (Å²) in [6, 6.07) is 7.80. The zero-order valence-electron chi connectivity index (χ0n) is 9.81. The Bertz CT molecular complexity index is 494. The van der Waals surface area contributed by atoms with Crippen molar-refractivity contribution in [3.05, 3.63) is 42.0 Å². The van der Waals surface area contributed by atoms with Crippen LogP contribution in [0, 0.1) is 0 Å². The first-order valence-electron chi connectivity index (χ1n) is 5.30. The number of allylic oxidation sites excluding steroid dienone is 1. The van der Waals surface area contributed by atoms with Crippen molar-refractivity contribution in [2.24, 2.45) is 0 Å². The highest BCUT2D eigenvalue weighted by Gasteiger charge is 2.05. The SMILES string of the molecule is C=C(C)c1ccccc1CNCCS(=O)(=O)O. The van der Waals surface area contributed by atoms with Gasteiger partial charge in [0.1, 0.15) is 0 Å². The van der Waals surface area contributed by atoms with E-state index in [-0.39, 0.29) is 12.3 Å². The van der Waals surface area contributed by atoms with Gasteiger partial charge in [-0.2, -0.15) is 8.42 Å². The molecule has 0 aliphatic carbocycles. The molecular formula is C12H17NO3S. The van der Waals surface area contributed by atoms with Gasteiger partial charge in [0.25, 0.3) is 10.1 Å². The lowest BCUT2D eigenvalue weighted by molar-refractivity contribution is 0.480. The summed E-state index contributed by atoms with van der Waals surface area (Å²) in [7, 11) is -3.89. The molecule has 0 bridgehead atoms. The molecule has 5 heteroatoms. The molecule has 2 N–H and O–H groups in total. The highest BCUT2D eigenvalue weighted by Crippen LogP contribution is 2.16. The molecule has 1 rings (SSSR count). The zero-order valence-corrected chi connectivity index (χ0v) is 10.6. The summed E-state index contributed by atoms with van der Waals surface area (Å²) in [4.78, 5) is 0. The van der Waals surface area contributed by atoms with Crippen molar-refractivity contribution in [1.29, 1.82) is 0 Å². The molecule has 94 valence electrons. The fourth-order valence-electron chi connectivity index (χ4n) is 1.52. The van der Waals surface area contributed by atoms with Crippen LogP contribution in [0.5, 0.6) is 0 Å². The molecule has 1 aromatic carbocycles. The molecule has 0 aliphatic rings. The van der Waals surface area contributed by atoms with Crippen LogP contribution in [0.15, 0.2) is 30.8 Å². The van der Waals surface area contributed by atoms with Crippen molar-refractivity contribution in [3.63, 3.8) is 0 Å². The second kappa shape index (κ2) is 5.95. The van der Waals surface area contributed by atoms with Crippen LogP contribution < -0.4 is 5.32 Å². The molecule has 4 nitrogen and oxygen atoms in total. The van der Waals surface area contributed by atoms with Crippen molar-refractivity contribution in [1.82, 2.24) is 5.32 Å².